The van der Waals surface area contributed by atoms with E-state index in [2.05, 4.69) is 0 Å². The highest BCUT2D eigenvalue weighted by Gasteiger charge is 2.23. The number of amides is 2. The molecule has 82 valence electrons. The number of carbonyl (C=O) groups is 1. The summed E-state index contributed by atoms with van der Waals surface area (Å²) in [5, 5.41) is 0. The zero-order valence-electron chi connectivity index (χ0n) is 9.62. The molecule has 1 aliphatic rings. The fourth-order valence-electron chi connectivity index (χ4n) is 2.03. The second kappa shape index (κ2) is 5.23. The quantitative estimate of drug-likeness (QED) is 0.668. The predicted octanol–water partition coefficient (Wildman–Crippen LogP) is 2.32. The van der Waals surface area contributed by atoms with Crippen molar-refractivity contribution in [1.29, 1.82) is 0 Å². The van der Waals surface area contributed by atoms with Crippen LogP contribution in [-0.4, -0.2) is 42.5 Å². The Kier molecular flexibility index (Phi) is 4.23. The van der Waals surface area contributed by atoms with Crippen LogP contribution >= 0.6 is 0 Å². The molecule has 0 heterocycles. The third kappa shape index (κ3) is 2.63. The molecule has 14 heavy (non-hydrogen) atoms. The van der Waals surface area contributed by atoms with Crippen molar-refractivity contribution in [2.24, 2.45) is 0 Å². The molecule has 0 aromatic rings. The van der Waals surface area contributed by atoms with Gasteiger partial charge in [0, 0.05) is 26.7 Å². The number of hydrogen-bond acceptors (Lipinski definition) is 1. The maximum atomic E-state index is 11.8. The van der Waals surface area contributed by atoms with Crippen LogP contribution in [0.2, 0.25) is 0 Å². The molecule has 3 nitrogen and oxygen atoms in total. The molecule has 0 aromatic heterocycles. The maximum Gasteiger partial charge on any atom is 0.319 e. The van der Waals surface area contributed by atoms with Crippen LogP contribution < -0.4 is 0 Å². The number of rotatable bonds is 2. The van der Waals surface area contributed by atoms with Gasteiger partial charge in [-0.05, 0) is 19.8 Å². The zero-order chi connectivity index (χ0) is 10.6. The molecule has 0 aromatic carbocycles. The third-order valence-corrected chi connectivity index (χ3v) is 3.23. The van der Waals surface area contributed by atoms with Crippen molar-refractivity contribution in [1.82, 2.24) is 9.80 Å². The number of nitrogens with zero attached hydrogens (tertiary/aromatic N) is 2. The highest BCUT2D eigenvalue weighted by Crippen LogP contribution is 2.22. The monoisotopic (exact) mass is 198 g/mol. The Morgan fingerprint density at radius 1 is 1.21 bits per heavy atom. The smallest absolute Gasteiger partial charge is 0.319 e. The fourth-order valence-corrected chi connectivity index (χ4v) is 2.03. The molecule has 1 fully saturated rings. The van der Waals surface area contributed by atoms with E-state index in [1.54, 1.807) is 4.90 Å². The second-order valence-electron chi connectivity index (χ2n) is 4.20. The van der Waals surface area contributed by atoms with E-state index >= 15 is 0 Å². The first kappa shape index (κ1) is 11.3. The van der Waals surface area contributed by atoms with E-state index in [-0.39, 0.29) is 6.03 Å². The van der Waals surface area contributed by atoms with Crippen LogP contribution in [0.5, 0.6) is 0 Å². The molecule has 0 N–H and O–H groups in total. The Morgan fingerprint density at radius 3 is 2.29 bits per heavy atom. The van der Waals surface area contributed by atoms with Gasteiger partial charge >= 0.3 is 6.03 Å². The van der Waals surface area contributed by atoms with Crippen LogP contribution in [-0.2, 0) is 0 Å². The van der Waals surface area contributed by atoms with Gasteiger partial charge in [-0.25, -0.2) is 4.79 Å². The van der Waals surface area contributed by atoms with Gasteiger partial charge in [0.2, 0.25) is 0 Å². The van der Waals surface area contributed by atoms with E-state index in [0.717, 1.165) is 6.54 Å². The van der Waals surface area contributed by atoms with Gasteiger partial charge < -0.3 is 9.80 Å². The lowest BCUT2D eigenvalue weighted by atomic mass is 9.95. The van der Waals surface area contributed by atoms with Crippen molar-refractivity contribution < 1.29 is 4.79 Å². The minimum Gasteiger partial charge on any atom is -0.328 e. The summed E-state index contributed by atoms with van der Waals surface area (Å²) in [7, 11) is 3.80. The lowest BCUT2D eigenvalue weighted by molar-refractivity contribution is 0.144. The molecule has 2 amide bonds. The number of hydrogen-bond donors (Lipinski definition) is 0. The normalized spacial score (nSPS) is 17.9. The van der Waals surface area contributed by atoms with Crippen molar-refractivity contribution >= 4 is 6.03 Å². The van der Waals surface area contributed by atoms with Gasteiger partial charge in [0.15, 0.2) is 0 Å². The van der Waals surface area contributed by atoms with E-state index in [4.69, 9.17) is 0 Å². The molecule has 0 spiro atoms. The minimum absolute atomic E-state index is 0.166. The standard InChI is InChI=1S/C11H22N2O/c1-4-12(2)11(14)13(3)10-8-6-5-7-9-10/h10H,4-9H2,1-3H3. The molecule has 0 saturated heterocycles. The van der Waals surface area contributed by atoms with E-state index < -0.39 is 0 Å². The van der Waals surface area contributed by atoms with E-state index in [0.29, 0.717) is 6.04 Å². The molecule has 1 rings (SSSR count). The first-order valence-electron chi connectivity index (χ1n) is 5.64. The van der Waals surface area contributed by atoms with Crippen LogP contribution in [0.1, 0.15) is 39.0 Å². The summed E-state index contributed by atoms with van der Waals surface area (Å²) in [4.78, 5) is 15.5. The lowest BCUT2D eigenvalue weighted by Crippen LogP contribution is -2.45. The van der Waals surface area contributed by atoms with Gasteiger partial charge in [-0.3, -0.25) is 0 Å². The Hall–Kier alpha value is -0.730. The molecule has 0 aliphatic heterocycles. The average Bonchev–Trinajstić information content (AvgIpc) is 2.27. The largest absolute Gasteiger partial charge is 0.328 e. The summed E-state index contributed by atoms with van der Waals surface area (Å²) in [5.41, 5.74) is 0. The van der Waals surface area contributed by atoms with E-state index in [1.807, 2.05) is 25.9 Å². The molecule has 3 heteroatoms. The molecule has 0 unspecified atom stereocenters. The highest BCUT2D eigenvalue weighted by molar-refractivity contribution is 5.74. The van der Waals surface area contributed by atoms with Crippen LogP contribution in [0.3, 0.4) is 0 Å². The Labute approximate surface area is 87.1 Å². The van der Waals surface area contributed by atoms with Gasteiger partial charge in [-0.1, -0.05) is 19.3 Å². The number of carbonyl (C=O) groups excluding carboxylic acids is 1. The molecular formula is C11H22N2O. The average molecular weight is 198 g/mol. The summed E-state index contributed by atoms with van der Waals surface area (Å²) in [6.45, 7) is 2.79. The summed E-state index contributed by atoms with van der Waals surface area (Å²) in [5.74, 6) is 0. The first-order valence-corrected chi connectivity index (χ1v) is 5.64. The maximum absolute atomic E-state index is 11.8. The highest BCUT2D eigenvalue weighted by atomic mass is 16.2. The molecule has 1 aliphatic carbocycles. The van der Waals surface area contributed by atoms with Crippen molar-refractivity contribution in [2.75, 3.05) is 20.6 Å². The molecule has 1 saturated carbocycles. The third-order valence-electron chi connectivity index (χ3n) is 3.23. The summed E-state index contributed by atoms with van der Waals surface area (Å²) < 4.78 is 0. The Balaban J connectivity index is 2.45. The van der Waals surface area contributed by atoms with Crippen molar-refractivity contribution in [3.63, 3.8) is 0 Å². The predicted molar refractivity (Wildman–Crippen MR) is 58.3 cm³/mol. The van der Waals surface area contributed by atoms with Crippen LogP contribution in [0.25, 0.3) is 0 Å². The van der Waals surface area contributed by atoms with Crippen molar-refractivity contribution in [2.45, 2.75) is 45.1 Å². The summed E-state index contributed by atoms with van der Waals surface area (Å²) in [6.07, 6.45) is 6.25. The fraction of sp³-hybridized carbons (Fsp3) is 0.909. The summed E-state index contributed by atoms with van der Waals surface area (Å²) in [6, 6.07) is 0.643. The van der Waals surface area contributed by atoms with Crippen molar-refractivity contribution in [3.05, 3.63) is 0 Å². The van der Waals surface area contributed by atoms with Crippen molar-refractivity contribution in [3.8, 4) is 0 Å². The van der Waals surface area contributed by atoms with Gasteiger partial charge in [-0.2, -0.15) is 0 Å². The van der Waals surface area contributed by atoms with Crippen LogP contribution in [0.4, 0.5) is 4.79 Å². The molecule has 0 atom stereocenters. The SMILES string of the molecule is CCN(C)C(=O)N(C)C1CCCCC1. The van der Waals surface area contributed by atoms with Crippen LogP contribution in [0.15, 0.2) is 0 Å². The van der Waals surface area contributed by atoms with Crippen LogP contribution in [0, 0.1) is 0 Å². The Morgan fingerprint density at radius 2 is 1.79 bits per heavy atom. The Bertz CT molecular complexity index is 188. The first-order chi connectivity index (χ1) is 6.66. The zero-order valence-corrected chi connectivity index (χ0v) is 9.62. The minimum atomic E-state index is 0.166. The lowest BCUT2D eigenvalue weighted by Gasteiger charge is -2.33. The van der Waals surface area contributed by atoms with Gasteiger partial charge in [0.05, 0.1) is 0 Å². The van der Waals surface area contributed by atoms with Gasteiger partial charge in [0.1, 0.15) is 0 Å². The van der Waals surface area contributed by atoms with E-state index in [9.17, 15) is 4.79 Å². The molecular weight excluding hydrogens is 176 g/mol. The van der Waals surface area contributed by atoms with Gasteiger partial charge in [0.25, 0.3) is 0 Å². The van der Waals surface area contributed by atoms with Gasteiger partial charge in [-0.15, -0.1) is 0 Å². The molecule has 0 radical (unpaired) electrons. The molecule has 0 bridgehead atoms. The van der Waals surface area contributed by atoms with E-state index in [1.165, 1.54) is 32.1 Å². The summed E-state index contributed by atoms with van der Waals surface area (Å²) >= 11 is 0. The second-order valence-corrected chi connectivity index (χ2v) is 4.20. The number of urea groups is 1. The topological polar surface area (TPSA) is 23.6 Å².